The number of aromatic nitrogens is 2. The number of hydrogen-bond donors (Lipinski definition) is 1. The van der Waals surface area contributed by atoms with E-state index in [0.717, 1.165) is 10.9 Å². The summed E-state index contributed by atoms with van der Waals surface area (Å²) in [4.78, 5) is 40.2. The molecule has 2 heterocycles. The van der Waals surface area contributed by atoms with E-state index in [4.69, 9.17) is 4.42 Å². The van der Waals surface area contributed by atoms with Crippen LogP contribution in [0.1, 0.15) is 5.56 Å². The SMILES string of the molecule is Cc1cc(=O)oc2cc(NC(=O)Cn3c(=O)cnc4ccccc43)ccc12. The Labute approximate surface area is 152 Å². The van der Waals surface area contributed by atoms with Gasteiger partial charge in [-0.1, -0.05) is 12.1 Å². The lowest BCUT2D eigenvalue weighted by Gasteiger charge is -2.10. The summed E-state index contributed by atoms with van der Waals surface area (Å²) < 4.78 is 6.55. The molecule has 7 nitrogen and oxygen atoms in total. The van der Waals surface area contributed by atoms with Crippen LogP contribution in [0.25, 0.3) is 22.0 Å². The number of aryl methyl sites for hydroxylation is 1. The Balaban J connectivity index is 1.64. The van der Waals surface area contributed by atoms with Gasteiger partial charge in [-0.15, -0.1) is 0 Å². The van der Waals surface area contributed by atoms with Gasteiger partial charge in [-0.2, -0.15) is 0 Å². The first-order valence-electron chi connectivity index (χ1n) is 8.30. The Morgan fingerprint density at radius 2 is 1.96 bits per heavy atom. The van der Waals surface area contributed by atoms with Crippen molar-refractivity contribution >= 4 is 33.6 Å². The zero-order valence-corrected chi connectivity index (χ0v) is 14.4. The molecule has 0 fully saturated rings. The molecular weight excluding hydrogens is 346 g/mol. The Morgan fingerprint density at radius 3 is 2.81 bits per heavy atom. The van der Waals surface area contributed by atoms with Crippen LogP contribution in [0, 0.1) is 6.92 Å². The van der Waals surface area contributed by atoms with Crippen LogP contribution < -0.4 is 16.5 Å². The molecule has 0 unspecified atom stereocenters. The molecule has 134 valence electrons. The molecule has 2 aromatic heterocycles. The van der Waals surface area contributed by atoms with E-state index < -0.39 is 5.63 Å². The van der Waals surface area contributed by atoms with E-state index in [2.05, 4.69) is 10.3 Å². The number of nitrogens with zero attached hydrogens (tertiary/aromatic N) is 2. The number of benzene rings is 2. The lowest BCUT2D eigenvalue weighted by molar-refractivity contribution is -0.116. The minimum absolute atomic E-state index is 0.155. The van der Waals surface area contributed by atoms with E-state index in [1.807, 2.05) is 13.0 Å². The molecule has 4 aromatic rings. The van der Waals surface area contributed by atoms with Crippen LogP contribution >= 0.6 is 0 Å². The van der Waals surface area contributed by atoms with Crippen LogP contribution in [-0.2, 0) is 11.3 Å². The average molecular weight is 361 g/mol. The molecule has 0 bridgehead atoms. The number of rotatable bonds is 3. The van der Waals surface area contributed by atoms with Gasteiger partial charge in [-0.3, -0.25) is 14.2 Å². The molecule has 7 heteroatoms. The van der Waals surface area contributed by atoms with Gasteiger partial charge in [0.1, 0.15) is 12.1 Å². The minimum atomic E-state index is -0.446. The van der Waals surface area contributed by atoms with Gasteiger partial charge in [0.2, 0.25) is 5.91 Å². The van der Waals surface area contributed by atoms with Gasteiger partial charge in [0.15, 0.2) is 0 Å². The molecule has 1 N–H and O–H groups in total. The summed E-state index contributed by atoms with van der Waals surface area (Å²) in [6.45, 7) is 1.66. The molecular formula is C20H15N3O4. The predicted molar refractivity (Wildman–Crippen MR) is 102 cm³/mol. The molecule has 4 rings (SSSR count). The maximum absolute atomic E-state index is 12.5. The van der Waals surface area contributed by atoms with Gasteiger partial charge < -0.3 is 9.73 Å². The van der Waals surface area contributed by atoms with Crippen LogP contribution in [0.4, 0.5) is 5.69 Å². The van der Waals surface area contributed by atoms with Gasteiger partial charge >= 0.3 is 5.63 Å². The van der Waals surface area contributed by atoms with E-state index >= 15 is 0 Å². The van der Waals surface area contributed by atoms with Crippen LogP contribution in [0.2, 0.25) is 0 Å². The third-order valence-corrected chi connectivity index (χ3v) is 4.29. The second kappa shape index (κ2) is 6.53. The molecule has 1 amide bonds. The molecule has 27 heavy (non-hydrogen) atoms. The van der Waals surface area contributed by atoms with Crippen molar-refractivity contribution in [3.8, 4) is 0 Å². The fourth-order valence-electron chi connectivity index (χ4n) is 3.02. The Bertz CT molecular complexity index is 1300. The van der Waals surface area contributed by atoms with Gasteiger partial charge in [0.05, 0.1) is 17.2 Å². The first-order chi connectivity index (χ1) is 13.0. The highest BCUT2D eigenvalue weighted by Gasteiger charge is 2.10. The maximum Gasteiger partial charge on any atom is 0.336 e. The third-order valence-electron chi connectivity index (χ3n) is 4.29. The van der Waals surface area contributed by atoms with Crippen molar-refractivity contribution in [2.24, 2.45) is 0 Å². The lowest BCUT2D eigenvalue weighted by atomic mass is 10.1. The lowest BCUT2D eigenvalue weighted by Crippen LogP contribution is -2.27. The van der Waals surface area contributed by atoms with Crippen LogP contribution in [0.3, 0.4) is 0 Å². The number of carbonyl (C=O) groups is 1. The Morgan fingerprint density at radius 1 is 1.15 bits per heavy atom. The van der Waals surface area contributed by atoms with E-state index in [9.17, 15) is 14.4 Å². The van der Waals surface area contributed by atoms with E-state index in [0.29, 0.717) is 22.3 Å². The molecule has 0 aliphatic rings. The summed E-state index contributed by atoms with van der Waals surface area (Å²) in [6.07, 6.45) is 1.20. The molecule has 0 radical (unpaired) electrons. The van der Waals surface area contributed by atoms with Crippen molar-refractivity contribution in [3.05, 3.63) is 81.1 Å². The number of carbonyl (C=O) groups excluding carboxylic acids is 1. The van der Waals surface area contributed by atoms with Gasteiger partial charge in [0.25, 0.3) is 5.56 Å². The summed E-state index contributed by atoms with van der Waals surface area (Å²) in [5.41, 5.74) is 2.08. The number of amides is 1. The molecule has 0 aliphatic heterocycles. The number of anilines is 1. The van der Waals surface area contributed by atoms with Crippen molar-refractivity contribution in [1.29, 1.82) is 0 Å². The summed E-state index contributed by atoms with van der Waals surface area (Å²) >= 11 is 0. The summed E-state index contributed by atoms with van der Waals surface area (Å²) in [7, 11) is 0. The van der Waals surface area contributed by atoms with Crippen molar-refractivity contribution in [2.75, 3.05) is 5.32 Å². The summed E-state index contributed by atoms with van der Waals surface area (Å²) in [5, 5.41) is 3.53. The largest absolute Gasteiger partial charge is 0.423 e. The zero-order chi connectivity index (χ0) is 19.0. The molecule has 0 atom stereocenters. The highest BCUT2D eigenvalue weighted by Crippen LogP contribution is 2.20. The third kappa shape index (κ3) is 3.22. The number of fused-ring (bicyclic) bond motifs is 2. The standard InChI is InChI=1S/C20H15N3O4/c1-12-8-20(26)27-17-9-13(6-7-14(12)17)22-18(24)11-23-16-5-3-2-4-15(16)21-10-19(23)25/h2-10H,11H2,1H3,(H,22,24). The van der Waals surface area contributed by atoms with Crippen LogP contribution in [0.5, 0.6) is 0 Å². The minimum Gasteiger partial charge on any atom is -0.423 e. The number of hydrogen-bond acceptors (Lipinski definition) is 5. The Kier molecular flexibility index (Phi) is 4.04. The van der Waals surface area contributed by atoms with Crippen molar-refractivity contribution < 1.29 is 9.21 Å². The second-order valence-corrected chi connectivity index (χ2v) is 6.18. The van der Waals surface area contributed by atoms with Crippen molar-refractivity contribution in [2.45, 2.75) is 13.5 Å². The number of para-hydroxylation sites is 2. The van der Waals surface area contributed by atoms with Gasteiger partial charge in [0, 0.05) is 23.2 Å². The van der Waals surface area contributed by atoms with Crippen molar-refractivity contribution in [1.82, 2.24) is 9.55 Å². The average Bonchev–Trinajstić information content (AvgIpc) is 2.63. The Hall–Kier alpha value is -3.74. The first-order valence-corrected chi connectivity index (χ1v) is 8.30. The zero-order valence-electron chi connectivity index (χ0n) is 14.4. The van der Waals surface area contributed by atoms with E-state index in [1.54, 1.807) is 36.4 Å². The van der Waals surface area contributed by atoms with Crippen molar-refractivity contribution in [3.63, 3.8) is 0 Å². The second-order valence-electron chi connectivity index (χ2n) is 6.18. The van der Waals surface area contributed by atoms with E-state index in [1.165, 1.54) is 16.8 Å². The van der Waals surface area contributed by atoms with Crippen LogP contribution in [0.15, 0.2) is 68.7 Å². The smallest absolute Gasteiger partial charge is 0.336 e. The molecule has 0 aliphatic carbocycles. The maximum atomic E-state index is 12.5. The normalized spacial score (nSPS) is 11.0. The summed E-state index contributed by atoms with van der Waals surface area (Å²) in [6, 6.07) is 13.6. The fraction of sp³-hybridized carbons (Fsp3) is 0.100. The topological polar surface area (TPSA) is 94.2 Å². The monoisotopic (exact) mass is 361 g/mol. The molecule has 0 saturated carbocycles. The summed E-state index contributed by atoms with van der Waals surface area (Å²) in [5.74, 6) is -0.372. The quantitative estimate of drug-likeness (QED) is 0.566. The fourth-order valence-corrected chi connectivity index (χ4v) is 3.02. The molecule has 0 saturated heterocycles. The highest BCUT2D eigenvalue weighted by atomic mass is 16.4. The molecule has 0 spiro atoms. The first kappa shape index (κ1) is 16.7. The van der Waals surface area contributed by atoms with Gasteiger partial charge in [-0.25, -0.2) is 9.78 Å². The van der Waals surface area contributed by atoms with Crippen LogP contribution in [-0.4, -0.2) is 15.5 Å². The predicted octanol–water partition coefficient (Wildman–Crippen LogP) is 2.45. The molecule has 2 aromatic carbocycles. The van der Waals surface area contributed by atoms with E-state index in [-0.39, 0.29) is 18.0 Å². The van der Waals surface area contributed by atoms with Gasteiger partial charge in [-0.05, 0) is 36.8 Å². The highest BCUT2D eigenvalue weighted by molar-refractivity contribution is 5.94. The number of nitrogens with one attached hydrogen (secondary N) is 1.